The minimum Gasteiger partial charge on any atom is -0.497 e. The summed E-state index contributed by atoms with van der Waals surface area (Å²) in [6.45, 7) is 0.256. The lowest BCUT2D eigenvalue weighted by atomic mass is 10.1. The zero-order valence-electron chi connectivity index (χ0n) is 16.6. The number of carbonyl (C=O) groups excluding carboxylic acids is 1. The number of hydrogen-bond acceptors (Lipinski definition) is 5. The van der Waals surface area contributed by atoms with Gasteiger partial charge in [-0.1, -0.05) is 24.3 Å². The van der Waals surface area contributed by atoms with Crippen molar-refractivity contribution in [3.05, 3.63) is 83.9 Å². The van der Waals surface area contributed by atoms with Gasteiger partial charge in [-0.3, -0.25) is 9.52 Å². The van der Waals surface area contributed by atoms with Gasteiger partial charge in [0.15, 0.2) is 0 Å². The van der Waals surface area contributed by atoms with Crippen LogP contribution in [0.5, 0.6) is 11.5 Å². The van der Waals surface area contributed by atoms with Gasteiger partial charge in [0.25, 0.3) is 15.9 Å². The van der Waals surface area contributed by atoms with Crippen LogP contribution >= 0.6 is 0 Å². The van der Waals surface area contributed by atoms with Crippen molar-refractivity contribution in [2.45, 2.75) is 11.4 Å². The van der Waals surface area contributed by atoms with E-state index in [1.165, 1.54) is 18.2 Å². The van der Waals surface area contributed by atoms with E-state index in [0.717, 1.165) is 5.56 Å². The van der Waals surface area contributed by atoms with Gasteiger partial charge in [-0.2, -0.15) is 0 Å². The minimum atomic E-state index is -3.74. The summed E-state index contributed by atoms with van der Waals surface area (Å²) in [5.41, 5.74) is 1.44. The summed E-state index contributed by atoms with van der Waals surface area (Å²) in [5, 5.41) is 2.81. The minimum absolute atomic E-state index is 0.145. The molecule has 3 aromatic carbocycles. The SMILES string of the molecule is COc1cc(CNC(=O)c2cccc(NS(=O)(=O)c3ccccc3)c2)cc(OC)c1. The molecule has 3 rings (SSSR count). The van der Waals surface area contributed by atoms with Crippen molar-refractivity contribution in [3.8, 4) is 11.5 Å². The molecule has 0 radical (unpaired) electrons. The molecule has 0 atom stereocenters. The van der Waals surface area contributed by atoms with E-state index >= 15 is 0 Å². The van der Waals surface area contributed by atoms with Gasteiger partial charge in [0, 0.05) is 23.9 Å². The highest BCUT2D eigenvalue weighted by Gasteiger charge is 2.14. The number of nitrogens with one attached hydrogen (secondary N) is 2. The van der Waals surface area contributed by atoms with Crippen LogP contribution in [0.25, 0.3) is 0 Å². The molecular weight excluding hydrogens is 404 g/mol. The normalized spacial score (nSPS) is 10.9. The Hall–Kier alpha value is -3.52. The number of hydrogen-bond donors (Lipinski definition) is 2. The van der Waals surface area contributed by atoms with Crippen LogP contribution in [0.15, 0.2) is 77.7 Å². The van der Waals surface area contributed by atoms with E-state index in [9.17, 15) is 13.2 Å². The fourth-order valence-electron chi connectivity index (χ4n) is 2.79. The Morgan fingerprint density at radius 1 is 0.867 bits per heavy atom. The lowest BCUT2D eigenvalue weighted by Gasteiger charge is -2.11. The fourth-order valence-corrected chi connectivity index (χ4v) is 3.86. The summed E-state index contributed by atoms with van der Waals surface area (Å²) in [5.74, 6) is 0.907. The van der Waals surface area contributed by atoms with E-state index in [0.29, 0.717) is 22.7 Å². The lowest BCUT2D eigenvalue weighted by Crippen LogP contribution is -2.23. The predicted octanol–water partition coefficient (Wildman–Crippen LogP) is 3.43. The molecule has 0 fully saturated rings. The molecule has 1 amide bonds. The van der Waals surface area contributed by atoms with Gasteiger partial charge in [0.05, 0.1) is 19.1 Å². The van der Waals surface area contributed by atoms with E-state index < -0.39 is 10.0 Å². The number of anilines is 1. The number of ether oxygens (including phenoxy) is 2. The fraction of sp³-hybridized carbons (Fsp3) is 0.136. The maximum absolute atomic E-state index is 12.6. The number of sulfonamides is 1. The first-order valence-electron chi connectivity index (χ1n) is 9.09. The van der Waals surface area contributed by atoms with Crippen LogP contribution in [0.4, 0.5) is 5.69 Å². The van der Waals surface area contributed by atoms with E-state index in [2.05, 4.69) is 10.0 Å². The van der Waals surface area contributed by atoms with Crippen molar-refractivity contribution in [1.29, 1.82) is 0 Å². The van der Waals surface area contributed by atoms with Gasteiger partial charge in [-0.05, 0) is 48.0 Å². The summed E-state index contributed by atoms with van der Waals surface area (Å²) in [6, 6.07) is 19.7. The van der Waals surface area contributed by atoms with Crippen LogP contribution < -0.4 is 19.5 Å². The largest absolute Gasteiger partial charge is 0.497 e. The first kappa shape index (κ1) is 21.2. The number of rotatable bonds is 8. The van der Waals surface area contributed by atoms with Crippen molar-refractivity contribution >= 4 is 21.6 Å². The molecule has 30 heavy (non-hydrogen) atoms. The van der Waals surface area contributed by atoms with Crippen molar-refractivity contribution < 1.29 is 22.7 Å². The summed E-state index contributed by atoms with van der Waals surface area (Å²) in [4.78, 5) is 12.7. The molecule has 0 aliphatic carbocycles. The Morgan fingerprint density at radius 3 is 2.17 bits per heavy atom. The van der Waals surface area contributed by atoms with Gasteiger partial charge in [-0.25, -0.2) is 8.42 Å². The van der Waals surface area contributed by atoms with Gasteiger partial charge < -0.3 is 14.8 Å². The molecular formula is C22H22N2O5S. The Morgan fingerprint density at radius 2 is 1.53 bits per heavy atom. The molecule has 0 heterocycles. The number of amides is 1. The summed E-state index contributed by atoms with van der Waals surface area (Å²) in [6.07, 6.45) is 0. The van der Waals surface area contributed by atoms with Crippen LogP contribution in [0, 0.1) is 0 Å². The van der Waals surface area contributed by atoms with E-state index in [4.69, 9.17) is 9.47 Å². The second-order valence-electron chi connectivity index (χ2n) is 6.40. The Balaban J connectivity index is 1.71. The highest BCUT2D eigenvalue weighted by atomic mass is 32.2. The second-order valence-corrected chi connectivity index (χ2v) is 8.09. The van der Waals surface area contributed by atoms with Crippen LogP contribution in [0.2, 0.25) is 0 Å². The quantitative estimate of drug-likeness (QED) is 0.576. The molecule has 3 aromatic rings. The summed E-state index contributed by atoms with van der Waals surface area (Å²) >= 11 is 0. The van der Waals surface area contributed by atoms with Gasteiger partial charge in [0.2, 0.25) is 0 Å². The molecule has 156 valence electrons. The van der Waals surface area contributed by atoms with Crippen LogP contribution in [0.3, 0.4) is 0 Å². The summed E-state index contributed by atoms with van der Waals surface area (Å²) in [7, 11) is -0.627. The molecule has 0 aliphatic heterocycles. The Labute approximate surface area is 175 Å². The zero-order chi connectivity index (χ0) is 21.6. The molecule has 0 aromatic heterocycles. The number of carbonyl (C=O) groups is 1. The van der Waals surface area contributed by atoms with E-state index in [-0.39, 0.29) is 17.3 Å². The Kier molecular flexibility index (Phi) is 6.58. The molecule has 2 N–H and O–H groups in total. The van der Waals surface area contributed by atoms with Crippen molar-refractivity contribution in [1.82, 2.24) is 5.32 Å². The third-order valence-corrected chi connectivity index (χ3v) is 5.69. The first-order valence-corrected chi connectivity index (χ1v) is 10.6. The average Bonchev–Trinajstić information content (AvgIpc) is 2.77. The average molecular weight is 426 g/mol. The number of methoxy groups -OCH3 is 2. The van der Waals surface area contributed by atoms with Gasteiger partial charge >= 0.3 is 0 Å². The highest BCUT2D eigenvalue weighted by Crippen LogP contribution is 2.22. The smallest absolute Gasteiger partial charge is 0.261 e. The second kappa shape index (κ2) is 9.32. The van der Waals surface area contributed by atoms with E-state index in [1.807, 2.05) is 0 Å². The summed E-state index contributed by atoms with van der Waals surface area (Å²) < 4.78 is 37.9. The molecule has 0 saturated carbocycles. The Bertz CT molecular complexity index is 1110. The van der Waals surface area contributed by atoms with Gasteiger partial charge in [0.1, 0.15) is 11.5 Å². The molecule has 0 unspecified atom stereocenters. The lowest BCUT2D eigenvalue weighted by molar-refractivity contribution is 0.0951. The number of benzene rings is 3. The third-order valence-electron chi connectivity index (χ3n) is 4.29. The van der Waals surface area contributed by atoms with Crippen molar-refractivity contribution in [2.24, 2.45) is 0 Å². The zero-order valence-corrected chi connectivity index (χ0v) is 17.4. The molecule has 8 heteroatoms. The molecule has 7 nitrogen and oxygen atoms in total. The van der Waals surface area contributed by atoms with E-state index in [1.54, 1.807) is 68.8 Å². The third kappa shape index (κ3) is 5.30. The topological polar surface area (TPSA) is 93.7 Å². The first-order chi connectivity index (χ1) is 14.4. The monoisotopic (exact) mass is 426 g/mol. The van der Waals surface area contributed by atoms with Gasteiger partial charge in [-0.15, -0.1) is 0 Å². The van der Waals surface area contributed by atoms with Crippen molar-refractivity contribution in [2.75, 3.05) is 18.9 Å². The molecule has 0 spiro atoms. The van der Waals surface area contributed by atoms with Crippen LogP contribution in [-0.2, 0) is 16.6 Å². The van der Waals surface area contributed by atoms with Crippen LogP contribution in [0.1, 0.15) is 15.9 Å². The van der Waals surface area contributed by atoms with Crippen LogP contribution in [-0.4, -0.2) is 28.5 Å². The highest BCUT2D eigenvalue weighted by molar-refractivity contribution is 7.92. The van der Waals surface area contributed by atoms with Crippen molar-refractivity contribution in [3.63, 3.8) is 0 Å². The molecule has 0 aliphatic rings. The molecule has 0 bridgehead atoms. The maximum atomic E-state index is 12.6. The predicted molar refractivity (Wildman–Crippen MR) is 114 cm³/mol. The molecule has 0 saturated heterocycles. The standard InChI is InChI=1S/C22H22N2O5S/c1-28-19-11-16(12-20(14-19)29-2)15-23-22(25)17-7-6-8-18(13-17)24-30(26,27)21-9-4-3-5-10-21/h3-14,24H,15H2,1-2H3,(H,23,25). The maximum Gasteiger partial charge on any atom is 0.261 e.